The van der Waals surface area contributed by atoms with Gasteiger partial charge in [-0.2, -0.15) is 0 Å². The van der Waals surface area contributed by atoms with E-state index < -0.39 is 17.7 Å². The van der Waals surface area contributed by atoms with Crippen LogP contribution in [0, 0.1) is 0 Å². The maximum atomic E-state index is 12.6. The summed E-state index contributed by atoms with van der Waals surface area (Å²) in [5.74, 6) is -1.49. The number of hydrogen-bond donors (Lipinski definition) is 2. The fraction of sp³-hybridized carbons (Fsp3) is 0.200. The monoisotopic (exact) mass is 381 g/mol. The Morgan fingerprint density at radius 2 is 1.64 bits per heavy atom. The third kappa shape index (κ3) is 3.91. The molecule has 144 valence electrons. The van der Waals surface area contributed by atoms with Gasteiger partial charge >= 0.3 is 0 Å². The molecule has 4 amide bonds. The average Bonchev–Trinajstić information content (AvgIpc) is 2.90. The van der Waals surface area contributed by atoms with E-state index in [1.165, 1.54) is 32.2 Å². The molecule has 3 rings (SSSR count). The van der Waals surface area contributed by atoms with Crippen molar-refractivity contribution in [2.75, 3.05) is 30.9 Å². The second-order valence-electron chi connectivity index (χ2n) is 6.23. The van der Waals surface area contributed by atoms with Crippen molar-refractivity contribution in [1.82, 2.24) is 4.90 Å². The third-order valence-corrected chi connectivity index (χ3v) is 4.19. The molecule has 2 aromatic carbocycles. The van der Waals surface area contributed by atoms with Gasteiger partial charge in [0.1, 0.15) is 0 Å². The average molecular weight is 381 g/mol. The van der Waals surface area contributed by atoms with Crippen molar-refractivity contribution >= 4 is 35.0 Å². The highest BCUT2D eigenvalue weighted by Gasteiger charge is 2.35. The van der Waals surface area contributed by atoms with Crippen molar-refractivity contribution in [3.63, 3.8) is 0 Å². The van der Waals surface area contributed by atoms with E-state index in [4.69, 9.17) is 4.74 Å². The lowest BCUT2D eigenvalue weighted by atomic mass is 10.1. The van der Waals surface area contributed by atoms with Crippen LogP contribution in [0.25, 0.3) is 0 Å². The molecule has 1 heterocycles. The summed E-state index contributed by atoms with van der Waals surface area (Å²) >= 11 is 0. The minimum atomic E-state index is -0.445. The summed E-state index contributed by atoms with van der Waals surface area (Å²) in [5, 5.41) is 5.35. The second-order valence-corrected chi connectivity index (χ2v) is 6.23. The first-order valence-corrected chi connectivity index (χ1v) is 8.59. The summed E-state index contributed by atoms with van der Waals surface area (Å²) in [4.78, 5) is 49.6. The van der Waals surface area contributed by atoms with Crippen LogP contribution in [0.1, 0.15) is 38.0 Å². The number of carbonyl (C=O) groups excluding carboxylic acids is 4. The van der Waals surface area contributed by atoms with Crippen LogP contribution in [0.2, 0.25) is 0 Å². The highest BCUT2D eigenvalue weighted by atomic mass is 16.5. The molecule has 0 radical (unpaired) electrons. The Kier molecular flexibility index (Phi) is 5.51. The van der Waals surface area contributed by atoms with Crippen LogP contribution in [-0.2, 0) is 9.53 Å². The number of imide groups is 1. The highest BCUT2D eigenvalue weighted by Crippen LogP contribution is 2.24. The summed E-state index contributed by atoms with van der Waals surface area (Å²) in [6.45, 7) is 1.79. The van der Waals surface area contributed by atoms with Gasteiger partial charge < -0.3 is 15.4 Å². The zero-order chi connectivity index (χ0) is 20.3. The quantitative estimate of drug-likeness (QED) is 0.746. The number of benzene rings is 2. The number of ether oxygens (including phenoxy) is 1. The standard InChI is InChI=1S/C20H19N3O5/c1-12(24)21-14-4-3-5-15(11-14)22-18(25)13-6-7-16-17(10-13)20(27)23(19(16)26)8-9-28-2/h3-7,10-11H,8-9H2,1-2H3,(H,21,24)(H,22,25). The molecule has 1 aliphatic rings. The van der Waals surface area contributed by atoms with Gasteiger partial charge in [-0.1, -0.05) is 6.07 Å². The number of amides is 4. The zero-order valence-corrected chi connectivity index (χ0v) is 15.4. The smallest absolute Gasteiger partial charge is 0.261 e. The van der Waals surface area contributed by atoms with Crippen molar-refractivity contribution in [1.29, 1.82) is 0 Å². The van der Waals surface area contributed by atoms with Gasteiger partial charge in [-0.3, -0.25) is 24.1 Å². The molecule has 0 bridgehead atoms. The maximum Gasteiger partial charge on any atom is 0.261 e. The number of anilines is 2. The van der Waals surface area contributed by atoms with Crippen LogP contribution in [0.3, 0.4) is 0 Å². The van der Waals surface area contributed by atoms with Gasteiger partial charge in [-0.25, -0.2) is 0 Å². The van der Waals surface area contributed by atoms with Crippen LogP contribution in [0.15, 0.2) is 42.5 Å². The zero-order valence-electron chi connectivity index (χ0n) is 15.4. The lowest BCUT2D eigenvalue weighted by Gasteiger charge is -2.12. The van der Waals surface area contributed by atoms with Crippen LogP contribution < -0.4 is 10.6 Å². The maximum absolute atomic E-state index is 12.6. The van der Waals surface area contributed by atoms with Crippen molar-refractivity contribution in [3.8, 4) is 0 Å². The van der Waals surface area contributed by atoms with E-state index in [0.29, 0.717) is 11.4 Å². The number of hydrogen-bond acceptors (Lipinski definition) is 5. The Morgan fingerprint density at radius 1 is 0.964 bits per heavy atom. The largest absolute Gasteiger partial charge is 0.383 e. The van der Waals surface area contributed by atoms with E-state index in [0.717, 1.165) is 4.90 Å². The Bertz CT molecular complexity index is 970. The molecule has 0 saturated carbocycles. The minimum Gasteiger partial charge on any atom is -0.383 e. The molecule has 0 fully saturated rings. The lowest BCUT2D eigenvalue weighted by Crippen LogP contribution is -2.32. The molecule has 0 saturated heterocycles. The fourth-order valence-corrected chi connectivity index (χ4v) is 2.90. The van der Waals surface area contributed by atoms with E-state index in [1.54, 1.807) is 24.3 Å². The molecule has 0 aliphatic carbocycles. The van der Waals surface area contributed by atoms with Gasteiger partial charge in [0.15, 0.2) is 0 Å². The Labute approximate surface area is 161 Å². The van der Waals surface area contributed by atoms with Gasteiger partial charge in [-0.15, -0.1) is 0 Å². The summed E-state index contributed by atoms with van der Waals surface area (Å²) < 4.78 is 4.92. The van der Waals surface area contributed by atoms with Crippen LogP contribution in [0.5, 0.6) is 0 Å². The Morgan fingerprint density at radius 3 is 2.32 bits per heavy atom. The van der Waals surface area contributed by atoms with E-state index in [-0.39, 0.29) is 35.7 Å². The van der Waals surface area contributed by atoms with Gasteiger partial charge in [0.2, 0.25) is 5.91 Å². The van der Waals surface area contributed by atoms with Gasteiger partial charge in [0.25, 0.3) is 17.7 Å². The predicted octanol–water partition coefficient (Wildman–Crippen LogP) is 2.14. The van der Waals surface area contributed by atoms with Crippen molar-refractivity contribution in [2.24, 2.45) is 0 Å². The van der Waals surface area contributed by atoms with Gasteiger partial charge in [-0.05, 0) is 36.4 Å². The first kappa shape index (κ1) is 19.2. The number of nitrogens with zero attached hydrogens (tertiary/aromatic N) is 1. The summed E-state index contributed by atoms with van der Waals surface area (Å²) in [5.41, 5.74) is 1.75. The lowest BCUT2D eigenvalue weighted by molar-refractivity contribution is -0.114. The number of methoxy groups -OCH3 is 1. The molecule has 0 atom stereocenters. The summed E-state index contributed by atoms with van der Waals surface area (Å²) in [7, 11) is 1.49. The third-order valence-electron chi connectivity index (χ3n) is 4.19. The van der Waals surface area contributed by atoms with Gasteiger partial charge in [0, 0.05) is 31.0 Å². The number of carbonyl (C=O) groups is 4. The highest BCUT2D eigenvalue weighted by molar-refractivity contribution is 6.22. The fourth-order valence-electron chi connectivity index (χ4n) is 2.90. The van der Waals surface area contributed by atoms with Crippen molar-refractivity contribution in [3.05, 3.63) is 59.2 Å². The molecule has 8 heteroatoms. The van der Waals surface area contributed by atoms with E-state index in [1.807, 2.05) is 0 Å². The number of rotatable bonds is 6. The normalized spacial score (nSPS) is 12.7. The minimum absolute atomic E-state index is 0.153. The van der Waals surface area contributed by atoms with Crippen molar-refractivity contribution in [2.45, 2.75) is 6.92 Å². The van der Waals surface area contributed by atoms with Crippen molar-refractivity contribution < 1.29 is 23.9 Å². The molecular formula is C20H19N3O5. The van der Waals surface area contributed by atoms with Crippen LogP contribution >= 0.6 is 0 Å². The first-order valence-electron chi connectivity index (χ1n) is 8.59. The van der Waals surface area contributed by atoms with Crippen LogP contribution in [0.4, 0.5) is 11.4 Å². The Balaban J connectivity index is 1.78. The number of nitrogens with one attached hydrogen (secondary N) is 2. The SMILES string of the molecule is COCCN1C(=O)c2ccc(C(=O)Nc3cccc(NC(C)=O)c3)cc2C1=O. The summed E-state index contributed by atoms with van der Waals surface area (Å²) in [6, 6.07) is 11.1. The number of fused-ring (bicyclic) bond motifs is 1. The van der Waals surface area contributed by atoms with Gasteiger partial charge in [0.05, 0.1) is 24.3 Å². The van der Waals surface area contributed by atoms with E-state index >= 15 is 0 Å². The molecule has 1 aliphatic heterocycles. The molecule has 2 aromatic rings. The van der Waals surface area contributed by atoms with Crippen LogP contribution in [-0.4, -0.2) is 48.8 Å². The summed E-state index contributed by atoms with van der Waals surface area (Å²) in [6.07, 6.45) is 0. The molecule has 2 N–H and O–H groups in total. The molecule has 0 aromatic heterocycles. The molecule has 0 unspecified atom stereocenters. The second kappa shape index (κ2) is 8.01. The van der Waals surface area contributed by atoms with E-state index in [9.17, 15) is 19.2 Å². The molecule has 28 heavy (non-hydrogen) atoms. The predicted molar refractivity (Wildman–Crippen MR) is 102 cm³/mol. The first-order chi connectivity index (χ1) is 13.4. The molecule has 0 spiro atoms. The molecule has 8 nitrogen and oxygen atoms in total. The Hall–Kier alpha value is -3.52. The molecular weight excluding hydrogens is 362 g/mol. The van der Waals surface area contributed by atoms with E-state index in [2.05, 4.69) is 10.6 Å². The topological polar surface area (TPSA) is 105 Å².